The number of nitrogens with zero attached hydrogens (tertiary/aromatic N) is 1. The summed E-state index contributed by atoms with van der Waals surface area (Å²) >= 11 is 1.61. The molecule has 1 atom stereocenters. The van der Waals surface area contributed by atoms with Crippen molar-refractivity contribution < 1.29 is 19.5 Å². The molecular weight excluding hydrogens is 508 g/mol. The van der Waals surface area contributed by atoms with Gasteiger partial charge in [0.05, 0.1) is 12.5 Å². The zero-order valence-corrected chi connectivity index (χ0v) is 22.9. The van der Waals surface area contributed by atoms with E-state index in [1.807, 2.05) is 79.9 Å². The number of rotatable bonds is 11. The molecule has 2 amide bonds. The van der Waals surface area contributed by atoms with Crippen molar-refractivity contribution >= 4 is 29.1 Å². The summed E-state index contributed by atoms with van der Waals surface area (Å²) in [5.74, 6) is -1.45. The molecule has 39 heavy (non-hydrogen) atoms. The molecule has 0 bridgehead atoms. The van der Waals surface area contributed by atoms with E-state index in [4.69, 9.17) is 0 Å². The van der Waals surface area contributed by atoms with Gasteiger partial charge in [-0.05, 0) is 60.5 Å². The molecule has 0 saturated carbocycles. The average molecular weight is 541 g/mol. The lowest BCUT2D eigenvalue weighted by Gasteiger charge is -2.24. The Hall–Kier alpha value is -4.23. The van der Waals surface area contributed by atoms with E-state index in [-0.39, 0.29) is 30.8 Å². The summed E-state index contributed by atoms with van der Waals surface area (Å²) in [5.41, 5.74) is 4.32. The van der Waals surface area contributed by atoms with E-state index >= 15 is 0 Å². The quantitative estimate of drug-likeness (QED) is 0.231. The molecule has 4 rings (SSSR count). The molecule has 0 spiro atoms. The van der Waals surface area contributed by atoms with E-state index in [2.05, 4.69) is 5.32 Å². The molecule has 0 fully saturated rings. The van der Waals surface area contributed by atoms with Crippen LogP contribution in [-0.2, 0) is 11.2 Å². The zero-order valence-electron chi connectivity index (χ0n) is 22.1. The second kappa shape index (κ2) is 13.0. The fourth-order valence-electron chi connectivity index (χ4n) is 4.45. The second-order valence-electron chi connectivity index (χ2n) is 9.46. The Balaban J connectivity index is 1.62. The topological polar surface area (TPSA) is 86.7 Å². The number of carbonyl (C=O) groups excluding carboxylic acids is 2. The Bertz CT molecular complexity index is 1430. The van der Waals surface area contributed by atoms with Gasteiger partial charge in [-0.15, -0.1) is 11.3 Å². The van der Waals surface area contributed by atoms with Crippen LogP contribution in [0.5, 0.6) is 0 Å². The highest BCUT2D eigenvalue weighted by atomic mass is 32.1. The van der Waals surface area contributed by atoms with E-state index in [1.165, 1.54) is 0 Å². The SMILES string of the molecule is Cc1ccc([C@@H](C)NC(=O)c2ccccc2-c2ccccc2C(=O)N(CCC(=O)O)CCc2cccs2)cc1. The van der Waals surface area contributed by atoms with Crippen LogP contribution in [0.1, 0.15) is 56.1 Å². The van der Waals surface area contributed by atoms with Crippen molar-refractivity contribution in [3.63, 3.8) is 0 Å². The van der Waals surface area contributed by atoms with Gasteiger partial charge in [-0.25, -0.2) is 0 Å². The molecule has 4 aromatic rings. The van der Waals surface area contributed by atoms with E-state index < -0.39 is 5.97 Å². The summed E-state index contributed by atoms with van der Waals surface area (Å²) in [6.45, 7) is 4.46. The largest absolute Gasteiger partial charge is 0.481 e. The van der Waals surface area contributed by atoms with Crippen molar-refractivity contribution in [3.8, 4) is 11.1 Å². The Kier molecular flexibility index (Phi) is 9.28. The van der Waals surface area contributed by atoms with Crippen molar-refractivity contribution in [2.24, 2.45) is 0 Å². The Morgan fingerprint density at radius 1 is 0.846 bits per heavy atom. The number of carboxylic acid groups (broad SMARTS) is 1. The van der Waals surface area contributed by atoms with Gasteiger partial charge in [0.1, 0.15) is 0 Å². The van der Waals surface area contributed by atoms with E-state index in [0.29, 0.717) is 35.2 Å². The van der Waals surface area contributed by atoms with Crippen molar-refractivity contribution in [3.05, 3.63) is 117 Å². The third kappa shape index (κ3) is 7.21. The minimum Gasteiger partial charge on any atom is -0.481 e. The zero-order chi connectivity index (χ0) is 27.8. The number of aryl methyl sites for hydroxylation is 1. The molecule has 1 heterocycles. The molecule has 0 unspecified atom stereocenters. The summed E-state index contributed by atoms with van der Waals surface area (Å²) in [7, 11) is 0. The second-order valence-corrected chi connectivity index (χ2v) is 10.5. The number of carboxylic acids is 1. The van der Waals surface area contributed by atoms with Crippen LogP contribution < -0.4 is 5.32 Å². The van der Waals surface area contributed by atoms with Crippen LogP contribution in [0.25, 0.3) is 11.1 Å². The molecule has 0 saturated heterocycles. The Morgan fingerprint density at radius 2 is 1.49 bits per heavy atom. The highest BCUT2D eigenvalue weighted by Crippen LogP contribution is 2.29. The molecule has 0 aliphatic heterocycles. The Morgan fingerprint density at radius 3 is 2.13 bits per heavy atom. The fourth-order valence-corrected chi connectivity index (χ4v) is 5.15. The predicted octanol–water partition coefficient (Wildman–Crippen LogP) is 6.37. The number of hydrogen-bond acceptors (Lipinski definition) is 4. The maximum Gasteiger partial charge on any atom is 0.305 e. The van der Waals surface area contributed by atoms with Gasteiger partial charge < -0.3 is 15.3 Å². The van der Waals surface area contributed by atoms with Gasteiger partial charge in [-0.3, -0.25) is 14.4 Å². The number of aliphatic carboxylic acids is 1. The van der Waals surface area contributed by atoms with Gasteiger partial charge in [0, 0.05) is 29.1 Å². The molecule has 200 valence electrons. The highest BCUT2D eigenvalue weighted by molar-refractivity contribution is 7.09. The van der Waals surface area contributed by atoms with E-state index in [9.17, 15) is 19.5 Å². The van der Waals surface area contributed by atoms with Crippen LogP contribution in [0, 0.1) is 6.92 Å². The number of thiophene rings is 1. The number of benzene rings is 3. The van der Waals surface area contributed by atoms with Gasteiger partial charge in [0.15, 0.2) is 0 Å². The molecule has 1 aromatic heterocycles. The average Bonchev–Trinajstić information content (AvgIpc) is 3.46. The lowest BCUT2D eigenvalue weighted by molar-refractivity contribution is -0.137. The van der Waals surface area contributed by atoms with Crippen LogP contribution >= 0.6 is 11.3 Å². The molecule has 6 nitrogen and oxygen atoms in total. The lowest BCUT2D eigenvalue weighted by Crippen LogP contribution is -2.35. The highest BCUT2D eigenvalue weighted by Gasteiger charge is 2.23. The van der Waals surface area contributed by atoms with Gasteiger partial charge >= 0.3 is 5.97 Å². The fraction of sp³-hybridized carbons (Fsp3) is 0.219. The number of amides is 2. The van der Waals surface area contributed by atoms with Crippen molar-refractivity contribution in [2.45, 2.75) is 32.7 Å². The smallest absolute Gasteiger partial charge is 0.305 e. The molecule has 3 aromatic carbocycles. The molecule has 0 aliphatic carbocycles. The van der Waals surface area contributed by atoms with Gasteiger partial charge in [-0.2, -0.15) is 0 Å². The third-order valence-corrected chi connectivity index (χ3v) is 7.57. The van der Waals surface area contributed by atoms with Crippen molar-refractivity contribution in [2.75, 3.05) is 13.1 Å². The first-order chi connectivity index (χ1) is 18.8. The first-order valence-corrected chi connectivity index (χ1v) is 13.8. The molecule has 7 heteroatoms. The molecular formula is C32H32N2O4S. The first kappa shape index (κ1) is 27.8. The maximum atomic E-state index is 13.8. The molecule has 0 radical (unpaired) electrons. The number of nitrogens with one attached hydrogen (secondary N) is 1. The van der Waals surface area contributed by atoms with Gasteiger partial charge in [-0.1, -0.05) is 72.3 Å². The summed E-state index contributed by atoms with van der Waals surface area (Å²) in [6, 6.07) is 26.2. The minimum absolute atomic E-state index is 0.101. The van der Waals surface area contributed by atoms with Crippen LogP contribution in [0.3, 0.4) is 0 Å². The minimum atomic E-state index is -0.957. The summed E-state index contributed by atoms with van der Waals surface area (Å²) in [4.78, 5) is 41.3. The monoisotopic (exact) mass is 540 g/mol. The van der Waals surface area contributed by atoms with E-state index in [1.54, 1.807) is 40.5 Å². The van der Waals surface area contributed by atoms with Gasteiger partial charge in [0.25, 0.3) is 11.8 Å². The standard InChI is InChI=1S/C32H32N2O4S/c1-22-13-15-24(16-14-22)23(2)33-31(37)28-11-5-3-9-26(28)27-10-4-6-12-29(27)32(38)34(20-18-30(35)36)19-17-25-8-7-21-39-25/h3-16,21,23H,17-20H2,1-2H3,(H,33,37)(H,35,36)/t23-/m1/s1. The van der Waals surface area contributed by atoms with Crippen LogP contribution in [0.4, 0.5) is 0 Å². The summed E-state index contributed by atoms with van der Waals surface area (Å²) < 4.78 is 0. The number of carbonyl (C=O) groups is 3. The predicted molar refractivity (Wildman–Crippen MR) is 155 cm³/mol. The van der Waals surface area contributed by atoms with E-state index in [0.717, 1.165) is 16.0 Å². The molecule has 2 N–H and O–H groups in total. The summed E-state index contributed by atoms with van der Waals surface area (Å²) in [6.07, 6.45) is 0.495. The Labute approximate surface area is 232 Å². The van der Waals surface area contributed by atoms with Crippen molar-refractivity contribution in [1.29, 1.82) is 0 Å². The summed E-state index contributed by atoms with van der Waals surface area (Å²) in [5, 5.41) is 14.4. The maximum absolute atomic E-state index is 13.8. The van der Waals surface area contributed by atoms with Crippen LogP contribution in [0.15, 0.2) is 90.3 Å². The number of hydrogen-bond donors (Lipinski definition) is 2. The molecule has 0 aliphatic rings. The van der Waals surface area contributed by atoms with Gasteiger partial charge in [0.2, 0.25) is 0 Å². The van der Waals surface area contributed by atoms with Crippen LogP contribution in [-0.4, -0.2) is 40.9 Å². The normalized spacial score (nSPS) is 11.5. The first-order valence-electron chi connectivity index (χ1n) is 12.9. The van der Waals surface area contributed by atoms with Crippen LogP contribution in [0.2, 0.25) is 0 Å². The lowest BCUT2D eigenvalue weighted by atomic mass is 9.94. The third-order valence-electron chi connectivity index (χ3n) is 6.64. The van der Waals surface area contributed by atoms with Crippen molar-refractivity contribution in [1.82, 2.24) is 10.2 Å².